The van der Waals surface area contributed by atoms with Crippen molar-refractivity contribution >= 4 is 33.3 Å². The van der Waals surface area contributed by atoms with E-state index in [1.54, 1.807) is 38.4 Å². The van der Waals surface area contributed by atoms with Gasteiger partial charge in [0.05, 0.1) is 30.9 Å². The highest BCUT2D eigenvalue weighted by molar-refractivity contribution is 7.22. The first-order valence-electron chi connectivity index (χ1n) is 13.5. The van der Waals surface area contributed by atoms with Crippen molar-refractivity contribution < 1.29 is 31.9 Å². The Balaban J connectivity index is 1.77. The van der Waals surface area contributed by atoms with Crippen molar-refractivity contribution in [2.45, 2.75) is 19.7 Å². The van der Waals surface area contributed by atoms with Crippen LogP contribution in [0.15, 0.2) is 70.4 Å². The molecule has 0 radical (unpaired) electrons. The summed E-state index contributed by atoms with van der Waals surface area (Å²) in [5.41, 5.74) is 1.58. The Hall–Kier alpha value is -5.06. The summed E-state index contributed by atoms with van der Waals surface area (Å²) in [6.45, 7) is -3.48. The number of anilines is 1. The minimum absolute atomic E-state index is 0.0745. The van der Waals surface area contributed by atoms with E-state index in [9.17, 15) is 31.9 Å². The Kier molecular flexibility index (Phi) is 9.50. The zero-order valence-corrected chi connectivity index (χ0v) is 25.3. The number of alkyl halides is 2. The number of hydrogen-bond acceptors (Lipinski definition) is 8. The van der Waals surface area contributed by atoms with E-state index < -0.39 is 53.5 Å². The van der Waals surface area contributed by atoms with Crippen molar-refractivity contribution in [2.75, 3.05) is 26.5 Å². The minimum atomic E-state index is -3.14. The van der Waals surface area contributed by atoms with Gasteiger partial charge in [-0.2, -0.15) is 8.78 Å². The second-order valence-electron chi connectivity index (χ2n) is 10.1. The molecule has 46 heavy (non-hydrogen) atoms. The molecule has 240 valence electrons. The molecule has 3 aromatic heterocycles. The second kappa shape index (κ2) is 13.5. The summed E-state index contributed by atoms with van der Waals surface area (Å²) in [7, 11) is 4.85. The molecule has 2 amide bonds. The van der Waals surface area contributed by atoms with Crippen LogP contribution in [0.3, 0.4) is 0 Å². The van der Waals surface area contributed by atoms with Crippen LogP contribution < -0.4 is 26.8 Å². The van der Waals surface area contributed by atoms with Crippen LogP contribution in [0.4, 0.5) is 28.0 Å². The van der Waals surface area contributed by atoms with Crippen molar-refractivity contribution in [3.05, 3.63) is 104 Å². The van der Waals surface area contributed by atoms with Gasteiger partial charge in [-0.15, -0.1) is 11.3 Å². The Bertz CT molecular complexity index is 1990. The molecule has 0 unspecified atom stereocenters. The van der Waals surface area contributed by atoms with Gasteiger partial charge in [0.1, 0.15) is 16.5 Å². The summed E-state index contributed by atoms with van der Waals surface area (Å²) in [6, 6.07) is 11.6. The zero-order chi connectivity index (χ0) is 33.1. The SMILES string of the molecule is CONC(=O)Nc1ccc(-c2sc3c(c2CN(C)C)c(=O)n(-c2ccc(OC(F)F)nc2)c(=O)n3Cc2c(F)cccc2F)cc1. The summed E-state index contributed by atoms with van der Waals surface area (Å²) in [5.74, 6) is -2.22. The van der Waals surface area contributed by atoms with Crippen molar-refractivity contribution in [2.24, 2.45) is 0 Å². The number of urea groups is 1. The molecule has 0 aliphatic carbocycles. The maximum Gasteiger partial charge on any atom is 0.388 e. The standard InChI is InChI=1S/C30H26F4N6O5S/c1-38(2)14-20-24-26(41)40(18-11-12-23(35-13-18)45-28(33)34)30(43)39(15-19-21(31)5-4-6-22(19)32)27(24)46-25(20)16-7-9-17(10-8-16)36-29(42)37-44-3/h4-13,28H,14-15H2,1-3H3,(H2,36,37,42). The van der Waals surface area contributed by atoms with Gasteiger partial charge in [0.15, 0.2) is 0 Å². The van der Waals surface area contributed by atoms with E-state index in [0.717, 1.165) is 44.9 Å². The molecule has 0 spiro atoms. The minimum Gasteiger partial charge on any atom is -0.417 e. The second-order valence-corrected chi connectivity index (χ2v) is 11.1. The highest BCUT2D eigenvalue weighted by Crippen LogP contribution is 2.38. The molecule has 0 aliphatic heterocycles. The van der Waals surface area contributed by atoms with E-state index in [-0.39, 0.29) is 22.4 Å². The first-order valence-corrected chi connectivity index (χ1v) is 14.3. The van der Waals surface area contributed by atoms with Crippen LogP contribution in [0.25, 0.3) is 26.3 Å². The fourth-order valence-corrected chi connectivity index (χ4v) is 6.10. The van der Waals surface area contributed by atoms with Crippen LogP contribution in [0, 0.1) is 11.6 Å². The van der Waals surface area contributed by atoms with Crippen molar-refractivity contribution in [1.29, 1.82) is 0 Å². The van der Waals surface area contributed by atoms with Crippen LogP contribution in [-0.4, -0.2) is 52.9 Å². The van der Waals surface area contributed by atoms with E-state index in [1.807, 2.05) is 4.90 Å². The van der Waals surface area contributed by atoms with Crippen molar-refractivity contribution in [3.8, 4) is 22.0 Å². The molecule has 3 heterocycles. The van der Waals surface area contributed by atoms with Crippen LogP contribution >= 0.6 is 11.3 Å². The molecule has 5 aromatic rings. The highest BCUT2D eigenvalue weighted by atomic mass is 32.1. The topological polar surface area (TPSA) is 120 Å². The molecule has 2 aromatic carbocycles. The van der Waals surface area contributed by atoms with Crippen molar-refractivity contribution in [1.82, 2.24) is 24.5 Å². The third kappa shape index (κ3) is 6.63. The third-order valence-electron chi connectivity index (χ3n) is 6.71. The Labute approximate surface area is 262 Å². The van der Waals surface area contributed by atoms with Gasteiger partial charge in [0.25, 0.3) is 5.56 Å². The molecular weight excluding hydrogens is 632 g/mol. The number of carbonyl (C=O) groups excluding carboxylic acids is 1. The Morgan fingerprint density at radius 2 is 1.72 bits per heavy atom. The number of rotatable bonds is 10. The Morgan fingerprint density at radius 1 is 1.02 bits per heavy atom. The summed E-state index contributed by atoms with van der Waals surface area (Å²) < 4.78 is 61.3. The van der Waals surface area contributed by atoms with Gasteiger partial charge in [0, 0.05) is 28.7 Å². The summed E-state index contributed by atoms with van der Waals surface area (Å²) in [5, 5.41) is 2.70. The quantitative estimate of drug-likeness (QED) is 0.161. The summed E-state index contributed by atoms with van der Waals surface area (Å²) >= 11 is 1.09. The van der Waals surface area contributed by atoms with E-state index in [2.05, 4.69) is 25.4 Å². The van der Waals surface area contributed by atoms with E-state index in [0.29, 0.717) is 21.7 Å². The number of pyridine rings is 1. The largest absolute Gasteiger partial charge is 0.417 e. The van der Waals surface area contributed by atoms with Gasteiger partial charge in [0.2, 0.25) is 5.88 Å². The average molecular weight is 659 g/mol. The number of hydrogen-bond donors (Lipinski definition) is 2. The van der Waals surface area contributed by atoms with Crippen molar-refractivity contribution in [3.63, 3.8) is 0 Å². The normalized spacial score (nSPS) is 11.4. The lowest BCUT2D eigenvalue weighted by Gasteiger charge is -2.15. The van der Waals surface area contributed by atoms with Crippen LogP contribution in [-0.2, 0) is 17.9 Å². The van der Waals surface area contributed by atoms with Crippen LogP contribution in [0.2, 0.25) is 0 Å². The van der Waals surface area contributed by atoms with Crippen LogP contribution in [0.5, 0.6) is 5.88 Å². The maximum atomic E-state index is 14.9. The number of halogens is 4. The number of aromatic nitrogens is 3. The number of nitrogens with zero attached hydrogens (tertiary/aromatic N) is 4. The lowest BCUT2D eigenvalue weighted by atomic mass is 10.1. The smallest absolute Gasteiger partial charge is 0.388 e. The van der Waals surface area contributed by atoms with E-state index >= 15 is 0 Å². The molecule has 5 rings (SSSR count). The van der Waals surface area contributed by atoms with Gasteiger partial charge in [-0.05, 0) is 55.6 Å². The average Bonchev–Trinajstić information content (AvgIpc) is 3.36. The number of benzene rings is 2. The number of thiophene rings is 1. The summed E-state index contributed by atoms with van der Waals surface area (Å²) in [4.78, 5) is 51.0. The molecule has 0 bridgehead atoms. The first kappa shape index (κ1) is 32.3. The van der Waals surface area contributed by atoms with Gasteiger partial charge in [-0.1, -0.05) is 18.2 Å². The molecule has 0 aliphatic rings. The van der Waals surface area contributed by atoms with Gasteiger partial charge >= 0.3 is 18.3 Å². The molecule has 11 nitrogen and oxygen atoms in total. The number of fused-ring (bicyclic) bond motifs is 1. The Morgan fingerprint density at radius 3 is 2.30 bits per heavy atom. The third-order valence-corrected chi connectivity index (χ3v) is 8.02. The first-order chi connectivity index (χ1) is 22.0. The molecule has 0 fully saturated rings. The molecule has 2 N–H and O–H groups in total. The van der Waals surface area contributed by atoms with E-state index in [4.69, 9.17) is 0 Å². The monoisotopic (exact) mass is 658 g/mol. The predicted octanol–water partition coefficient (Wildman–Crippen LogP) is 4.95. The van der Waals surface area contributed by atoms with Gasteiger partial charge in [-0.25, -0.2) is 33.4 Å². The number of carbonyl (C=O) groups is 1. The van der Waals surface area contributed by atoms with Crippen LogP contribution in [0.1, 0.15) is 11.1 Å². The van der Waals surface area contributed by atoms with Gasteiger partial charge < -0.3 is 15.0 Å². The molecule has 0 saturated carbocycles. The number of hydroxylamine groups is 1. The number of ether oxygens (including phenoxy) is 1. The number of nitrogens with one attached hydrogen (secondary N) is 2. The fraction of sp³-hybridized carbons (Fsp3) is 0.200. The number of amides is 2. The predicted molar refractivity (Wildman–Crippen MR) is 164 cm³/mol. The summed E-state index contributed by atoms with van der Waals surface area (Å²) in [6.07, 6.45) is 1.02. The lowest BCUT2D eigenvalue weighted by molar-refractivity contribution is -0.0528. The zero-order valence-electron chi connectivity index (χ0n) is 24.5. The lowest BCUT2D eigenvalue weighted by Crippen LogP contribution is -2.39. The molecular formula is C30H26F4N6O5S. The van der Waals surface area contributed by atoms with Gasteiger partial charge in [-0.3, -0.25) is 14.2 Å². The molecule has 16 heteroatoms. The highest BCUT2D eigenvalue weighted by Gasteiger charge is 2.25. The fourth-order valence-electron chi connectivity index (χ4n) is 4.80. The van der Waals surface area contributed by atoms with E-state index in [1.165, 1.54) is 19.2 Å². The maximum absolute atomic E-state index is 14.9. The molecule has 0 saturated heterocycles. The molecule has 0 atom stereocenters.